The van der Waals surface area contributed by atoms with Crippen LogP contribution in [0.5, 0.6) is 0 Å². The fourth-order valence-electron chi connectivity index (χ4n) is 3.32. The molecule has 0 saturated heterocycles. The van der Waals surface area contributed by atoms with E-state index in [-0.39, 0.29) is 18.0 Å². The zero-order valence-electron chi connectivity index (χ0n) is 16.2. The third-order valence-electron chi connectivity index (χ3n) is 4.70. The van der Waals surface area contributed by atoms with Gasteiger partial charge in [0, 0.05) is 17.8 Å². The molecule has 0 aliphatic carbocycles. The van der Waals surface area contributed by atoms with E-state index in [0.717, 1.165) is 10.9 Å². The first-order valence-electron chi connectivity index (χ1n) is 9.26. The van der Waals surface area contributed by atoms with Gasteiger partial charge in [-0.15, -0.1) is 0 Å². The Labute approximate surface area is 167 Å². The van der Waals surface area contributed by atoms with Crippen LogP contribution < -0.4 is 10.9 Å². The van der Waals surface area contributed by atoms with Crippen molar-refractivity contribution in [3.8, 4) is 0 Å². The Bertz CT molecular complexity index is 1240. The standard InChI is InChI=1S/C22H20N4O3/c1-14-10-19(15(2)29-14)21(27)24-12-20-17-7-3-4-8-18(17)22(28)26(25-20)13-16-6-5-9-23-11-16/h3-11H,12-13H2,1-2H3,(H,24,27). The number of amides is 1. The van der Waals surface area contributed by atoms with Gasteiger partial charge in [-0.1, -0.05) is 24.3 Å². The maximum Gasteiger partial charge on any atom is 0.274 e. The maximum absolute atomic E-state index is 12.9. The molecule has 1 N–H and O–H groups in total. The number of aryl methyl sites for hydroxylation is 2. The second-order valence-electron chi connectivity index (χ2n) is 6.83. The van der Waals surface area contributed by atoms with Crippen molar-refractivity contribution in [3.05, 3.63) is 93.6 Å². The summed E-state index contributed by atoms with van der Waals surface area (Å²) in [6.07, 6.45) is 3.38. The van der Waals surface area contributed by atoms with Crippen LogP contribution in [0.1, 0.15) is 33.1 Å². The number of nitrogens with one attached hydrogen (secondary N) is 1. The van der Waals surface area contributed by atoms with Gasteiger partial charge in [0.2, 0.25) is 0 Å². The molecule has 0 bridgehead atoms. The topological polar surface area (TPSA) is 90.0 Å². The van der Waals surface area contributed by atoms with E-state index in [1.807, 2.05) is 30.3 Å². The van der Waals surface area contributed by atoms with Gasteiger partial charge in [0.15, 0.2) is 0 Å². The Kier molecular flexibility index (Phi) is 4.95. The van der Waals surface area contributed by atoms with Crippen molar-refractivity contribution in [2.75, 3.05) is 0 Å². The number of benzene rings is 1. The van der Waals surface area contributed by atoms with Gasteiger partial charge < -0.3 is 9.73 Å². The van der Waals surface area contributed by atoms with E-state index in [2.05, 4.69) is 15.4 Å². The third-order valence-corrected chi connectivity index (χ3v) is 4.70. The molecule has 7 heteroatoms. The van der Waals surface area contributed by atoms with Gasteiger partial charge in [-0.05, 0) is 37.6 Å². The summed E-state index contributed by atoms with van der Waals surface area (Å²) < 4.78 is 6.84. The zero-order valence-corrected chi connectivity index (χ0v) is 16.2. The summed E-state index contributed by atoms with van der Waals surface area (Å²) in [5.74, 6) is 1.01. The fourth-order valence-corrected chi connectivity index (χ4v) is 3.32. The molecule has 0 atom stereocenters. The number of carbonyl (C=O) groups excluding carboxylic acids is 1. The molecule has 0 spiro atoms. The summed E-state index contributed by atoms with van der Waals surface area (Å²) in [5, 5.41) is 8.69. The van der Waals surface area contributed by atoms with Crippen molar-refractivity contribution < 1.29 is 9.21 Å². The molecule has 0 saturated carbocycles. The highest BCUT2D eigenvalue weighted by atomic mass is 16.3. The average Bonchev–Trinajstić information content (AvgIpc) is 3.08. The van der Waals surface area contributed by atoms with Crippen molar-refractivity contribution in [1.29, 1.82) is 0 Å². The molecular weight excluding hydrogens is 368 g/mol. The molecular formula is C22H20N4O3. The number of nitrogens with zero attached hydrogens (tertiary/aromatic N) is 3. The maximum atomic E-state index is 12.9. The van der Waals surface area contributed by atoms with Gasteiger partial charge in [0.25, 0.3) is 11.5 Å². The van der Waals surface area contributed by atoms with E-state index in [1.165, 1.54) is 4.68 Å². The number of carbonyl (C=O) groups is 1. The Hall–Kier alpha value is -3.74. The normalized spacial score (nSPS) is 11.0. The summed E-state index contributed by atoms with van der Waals surface area (Å²) in [5.41, 5.74) is 1.81. The molecule has 0 aliphatic heterocycles. The lowest BCUT2D eigenvalue weighted by atomic mass is 10.1. The molecule has 29 heavy (non-hydrogen) atoms. The monoisotopic (exact) mass is 388 g/mol. The van der Waals surface area contributed by atoms with Crippen LogP contribution in [0.3, 0.4) is 0 Å². The van der Waals surface area contributed by atoms with E-state index < -0.39 is 0 Å². The second-order valence-corrected chi connectivity index (χ2v) is 6.83. The highest BCUT2D eigenvalue weighted by Crippen LogP contribution is 2.16. The highest BCUT2D eigenvalue weighted by molar-refractivity contribution is 5.95. The van der Waals surface area contributed by atoms with Gasteiger partial charge in [0.1, 0.15) is 11.5 Å². The lowest BCUT2D eigenvalue weighted by Crippen LogP contribution is -2.29. The number of hydrogen-bond donors (Lipinski definition) is 1. The first-order valence-corrected chi connectivity index (χ1v) is 9.26. The second kappa shape index (κ2) is 7.71. The van der Waals surface area contributed by atoms with E-state index in [0.29, 0.717) is 34.7 Å². The SMILES string of the molecule is Cc1cc(C(=O)NCc2nn(Cc3cccnc3)c(=O)c3ccccc23)c(C)o1. The summed E-state index contributed by atoms with van der Waals surface area (Å²) in [6.45, 7) is 4.05. The number of furan rings is 1. The smallest absolute Gasteiger partial charge is 0.274 e. The van der Waals surface area contributed by atoms with Crippen LogP contribution >= 0.6 is 0 Å². The molecule has 0 fully saturated rings. The molecule has 0 radical (unpaired) electrons. The minimum absolute atomic E-state index is 0.180. The molecule has 4 rings (SSSR count). The Morgan fingerprint density at radius 3 is 2.62 bits per heavy atom. The van der Waals surface area contributed by atoms with Gasteiger partial charge in [-0.25, -0.2) is 4.68 Å². The minimum Gasteiger partial charge on any atom is -0.466 e. The number of aromatic nitrogens is 3. The van der Waals surface area contributed by atoms with Gasteiger partial charge >= 0.3 is 0 Å². The van der Waals surface area contributed by atoms with Crippen LogP contribution in [-0.4, -0.2) is 20.7 Å². The van der Waals surface area contributed by atoms with E-state index in [1.54, 1.807) is 38.4 Å². The van der Waals surface area contributed by atoms with Crippen molar-refractivity contribution in [3.63, 3.8) is 0 Å². The van der Waals surface area contributed by atoms with Crippen molar-refractivity contribution in [2.45, 2.75) is 26.9 Å². The Balaban J connectivity index is 1.67. The largest absolute Gasteiger partial charge is 0.466 e. The number of rotatable bonds is 5. The number of pyridine rings is 1. The fraction of sp³-hybridized carbons (Fsp3) is 0.182. The molecule has 1 aromatic carbocycles. The molecule has 4 aromatic rings. The molecule has 3 aromatic heterocycles. The Morgan fingerprint density at radius 1 is 1.14 bits per heavy atom. The minimum atomic E-state index is -0.241. The van der Waals surface area contributed by atoms with Crippen LogP contribution in [0.25, 0.3) is 10.8 Å². The third kappa shape index (κ3) is 3.80. The average molecular weight is 388 g/mol. The van der Waals surface area contributed by atoms with Crippen LogP contribution in [-0.2, 0) is 13.1 Å². The van der Waals surface area contributed by atoms with Crippen LogP contribution in [0, 0.1) is 13.8 Å². The molecule has 0 aliphatic rings. The lowest BCUT2D eigenvalue weighted by molar-refractivity contribution is 0.0949. The van der Waals surface area contributed by atoms with Crippen molar-refractivity contribution in [1.82, 2.24) is 20.1 Å². The summed E-state index contributed by atoms with van der Waals surface area (Å²) in [4.78, 5) is 29.5. The van der Waals surface area contributed by atoms with E-state index >= 15 is 0 Å². The molecule has 7 nitrogen and oxygen atoms in total. The van der Waals surface area contributed by atoms with Gasteiger partial charge in [-0.2, -0.15) is 5.10 Å². The number of hydrogen-bond acceptors (Lipinski definition) is 5. The molecule has 1 amide bonds. The summed E-state index contributed by atoms with van der Waals surface area (Å²) in [7, 11) is 0. The predicted molar refractivity (Wildman–Crippen MR) is 109 cm³/mol. The van der Waals surface area contributed by atoms with Crippen LogP contribution in [0.4, 0.5) is 0 Å². The van der Waals surface area contributed by atoms with Crippen molar-refractivity contribution in [2.24, 2.45) is 0 Å². The highest BCUT2D eigenvalue weighted by Gasteiger charge is 2.15. The molecule has 3 heterocycles. The predicted octanol–water partition coefficient (Wildman–Crippen LogP) is 2.98. The summed E-state index contributed by atoms with van der Waals surface area (Å²) >= 11 is 0. The Morgan fingerprint density at radius 2 is 1.93 bits per heavy atom. The quantitative estimate of drug-likeness (QED) is 0.568. The van der Waals surface area contributed by atoms with Gasteiger partial charge in [0.05, 0.1) is 29.7 Å². The van der Waals surface area contributed by atoms with Gasteiger partial charge in [-0.3, -0.25) is 14.6 Å². The van der Waals surface area contributed by atoms with Crippen LogP contribution in [0.15, 0.2) is 64.1 Å². The summed E-state index contributed by atoms with van der Waals surface area (Å²) in [6, 6.07) is 12.7. The van der Waals surface area contributed by atoms with Crippen molar-refractivity contribution >= 4 is 16.7 Å². The molecule has 0 unspecified atom stereocenters. The van der Waals surface area contributed by atoms with Crippen LogP contribution in [0.2, 0.25) is 0 Å². The van der Waals surface area contributed by atoms with E-state index in [4.69, 9.17) is 4.42 Å². The zero-order chi connectivity index (χ0) is 20.4. The first-order chi connectivity index (χ1) is 14.0. The molecule has 146 valence electrons. The first kappa shape index (κ1) is 18.6. The number of fused-ring (bicyclic) bond motifs is 1. The van der Waals surface area contributed by atoms with E-state index in [9.17, 15) is 9.59 Å². The lowest BCUT2D eigenvalue weighted by Gasteiger charge is -2.12.